The molecule has 0 saturated heterocycles. The number of anilines is 1. The zero-order valence-corrected chi connectivity index (χ0v) is 12.3. The first-order valence-corrected chi connectivity index (χ1v) is 6.09. The van der Waals surface area contributed by atoms with Gasteiger partial charge in [0.15, 0.2) is 5.57 Å². The van der Waals surface area contributed by atoms with Crippen LogP contribution in [0.1, 0.15) is 10.4 Å². The van der Waals surface area contributed by atoms with Crippen molar-refractivity contribution in [1.82, 2.24) is 4.90 Å². The molecule has 1 aromatic carbocycles. The minimum Gasteiger partial charge on any atom is -0.496 e. The molecule has 1 rings (SSSR count). The van der Waals surface area contributed by atoms with Crippen molar-refractivity contribution in [2.24, 2.45) is 0 Å². The van der Waals surface area contributed by atoms with Crippen LogP contribution in [0.4, 0.5) is 5.69 Å². The maximum Gasteiger partial charge on any atom is 0.257 e. The van der Waals surface area contributed by atoms with Crippen molar-refractivity contribution in [3.63, 3.8) is 0 Å². The van der Waals surface area contributed by atoms with Gasteiger partial charge in [0.1, 0.15) is 29.7 Å². The topological polar surface area (TPSA) is 113 Å². The van der Waals surface area contributed by atoms with E-state index >= 15 is 0 Å². The van der Waals surface area contributed by atoms with Gasteiger partial charge in [-0.15, -0.1) is 0 Å². The molecule has 0 unspecified atom stereocenters. The molecule has 0 fully saturated rings. The number of ether oxygens (including phenoxy) is 1. The molecule has 0 atom stereocenters. The third-order valence-corrected chi connectivity index (χ3v) is 2.69. The zero-order chi connectivity index (χ0) is 16.7. The molecule has 1 amide bonds. The van der Waals surface area contributed by atoms with Crippen molar-refractivity contribution < 1.29 is 9.53 Å². The van der Waals surface area contributed by atoms with E-state index in [9.17, 15) is 4.79 Å². The van der Waals surface area contributed by atoms with Gasteiger partial charge in [0.2, 0.25) is 0 Å². The van der Waals surface area contributed by atoms with Gasteiger partial charge in [-0.3, -0.25) is 4.79 Å². The third-order valence-electron chi connectivity index (χ3n) is 2.69. The molecule has 0 aliphatic heterocycles. The number of nitrogens with zero attached hydrogens (tertiary/aromatic N) is 4. The van der Waals surface area contributed by atoms with Crippen LogP contribution in [0.2, 0.25) is 0 Å². The van der Waals surface area contributed by atoms with E-state index in [2.05, 4.69) is 5.32 Å². The summed E-state index contributed by atoms with van der Waals surface area (Å²) >= 11 is 0. The summed E-state index contributed by atoms with van der Waals surface area (Å²) in [5.41, 5.74) is 0.174. The normalized spacial score (nSPS) is 8.73. The molecule has 0 aliphatic carbocycles. The Morgan fingerprint density at radius 1 is 1.18 bits per heavy atom. The fourth-order valence-electron chi connectivity index (χ4n) is 1.62. The maximum absolute atomic E-state index is 12.1. The van der Waals surface area contributed by atoms with Crippen LogP contribution >= 0.6 is 0 Å². The third kappa shape index (κ3) is 3.53. The lowest BCUT2D eigenvalue weighted by Crippen LogP contribution is -2.22. The first-order chi connectivity index (χ1) is 10.5. The van der Waals surface area contributed by atoms with Crippen LogP contribution in [0.3, 0.4) is 0 Å². The summed E-state index contributed by atoms with van der Waals surface area (Å²) in [5, 5.41) is 29.3. The number of benzene rings is 1. The van der Waals surface area contributed by atoms with Crippen LogP contribution in [-0.2, 0) is 0 Å². The number of nitriles is 3. The number of allylic oxidation sites excluding steroid dienone is 2. The van der Waals surface area contributed by atoms with Crippen molar-refractivity contribution in [2.45, 2.75) is 0 Å². The molecule has 1 aromatic rings. The standard InChI is InChI=1S/C15H13N5O2/c1-20(2)15(21)12-6-11(4-5-14(12)22-3)19-13(9-18)10(7-16)8-17/h4-6,19H,1-3H3. The summed E-state index contributed by atoms with van der Waals surface area (Å²) in [4.78, 5) is 13.5. The summed E-state index contributed by atoms with van der Waals surface area (Å²) in [6, 6.07) is 9.65. The summed E-state index contributed by atoms with van der Waals surface area (Å²) in [6.45, 7) is 0. The Balaban J connectivity index is 3.31. The van der Waals surface area contributed by atoms with Gasteiger partial charge in [-0.1, -0.05) is 0 Å². The first kappa shape index (κ1) is 16.6. The second kappa shape index (κ2) is 7.33. The van der Waals surface area contributed by atoms with Crippen LogP contribution in [0, 0.1) is 34.0 Å². The maximum atomic E-state index is 12.1. The number of rotatable bonds is 4. The lowest BCUT2D eigenvalue weighted by atomic mass is 10.1. The highest BCUT2D eigenvalue weighted by Gasteiger charge is 2.16. The van der Waals surface area contributed by atoms with E-state index in [0.717, 1.165) is 0 Å². The monoisotopic (exact) mass is 295 g/mol. The summed E-state index contributed by atoms with van der Waals surface area (Å²) in [7, 11) is 4.65. The predicted molar refractivity (Wildman–Crippen MR) is 78.5 cm³/mol. The zero-order valence-electron chi connectivity index (χ0n) is 12.3. The number of amides is 1. The summed E-state index contributed by atoms with van der Waals surface area (Å²) in [5.74, 6) is 0.108. The van der Waals surface area contributed by atoms with Crippen molar-refractivity contribution in [1.29, 1.82) is 15.8 Å². The Morgan fingerprint density at radius 3 is 2.27 bits per heavy atom. The fourth-order valence-corrected chi connectivity index (χ4v) is 1.62. The molecule has 7 nitrogen and oxygen atoms in total. The van der Waals surface area contributed by atoms with Gasteiger partial charge in [0.25, 0.3) is 5.91 Å². The molecule has 22 heavy (non-hydrogen) atoms. The first-order valence-electron chi connectivity index (χ1n) is 6.09. The highest BCUT2D eigenvalue weighted by Crippen LogP contribution is 2.24. The van der Waals surface area contributed by atoms with Gasteiger partial charge >= 0.3 is 0 Å². The molecular weight excluding hydrogens is 282 g/mol. The fraction of sp³-hybridized carbons (Fsp3) is 0.200. The second-order valence-corrected chi connectivity index (χ2v) is 4.33. The van der Waals surface area contributed by atoms with Gasteiger partial charge < -0.3 is 15.0 Å². The minimum absolute atomic E-state index is 0.182. The van der Waals surface area contributed by atoms with Crippen LogP contribution in [0.15, 0.2) is 29.5 Å². The highest BCUT2D eigenvalue weighted by atomic mass is 16.5. The largest absolute Gasteiger partial charge is 0.496 e. The molecule has 110 valence electrons. The Morgan fingerprint density at radius 2 is 1.82 bits per heavy atom. The summed E-state index contributed by atoms with van der Waals surface area (Å²) in [6.07, 6.45) is 0. The van der Waals surface area contributed by atoms with E-state index in [4.69, 9.17) is 20.5 Å². The number of carbonyl (C=O) groups is 1. The quantitative estimate of drug-likeness (QED) is 0.845. The van der Waals surface area contributed by atoms with Crippen molar-refractivity contribution in [2.75, 3.05) is 26.5 Å². The van der Waals surface area contributed by atoms with E-state index in [1.54, 1.807) is 44.4 Å². The van der Waals surface area contributed by atoms with Crippen LogP contribution in [-0.4, -0.2) is 32.0 Å². The van der Waals surface area contributed by atoms with Crippen molar-refractivity contribution in [3.8, 4) is 24.0 Å². The molecule has 0 aromatic heterocycles. The van der Waals surface area contributed by atoms with Crippen LogP contribution in [0.5, 0.6) is 5.75 Å². The molecule has 0 aliphatic rings. The molecule has 1 N–H and O–H groups in total. The van der Waals surface area contributed by atoms with Gasteiger partial charge in [-0.25, -0.2) is 0 Å². The number of hydrogen-bond donors (Lipinski definition) is 1. The molecule has 0 saturated carbocycles. The van der Waals surface area contributed by atoms with Gasteiger partial charge in [0.05, 0.1) is 12.7 Å². The van der Waals surface area contributed by atoms with Gasteiger partial charge in [0, 0.05) is 19.8 Å². The molecule has 0 radical (unpaired) electrons. The number of nitrogens with one attached hydrogen (secondary N) is 1. The van der Waals surface area contributed by atoms with E-state index in [0.29, 0.717) is 17.0 Å². The SMILES string of the molecule is COc1ccc(NC(C#N)=C(C#N)C#N)cc1C(=O)N(C)C. The predicted octanol–water partition coefficient (Wildman–Crippen LogP) is 1.63. The number of methoxy groups -OCH3 is 1. The number of carbonyl (C=O) groups excluding carboxylic acids is 1. The molecule has 0 bridgehead atoms. The smallest absolute Gasteiger partial charge is 0.257 e. The van der Waals surface area contributed by atoms with E-state index in [1.165, 1.54) is 18.1 Å². The second-order valence-electron chi connectivity index (χ2n) is 4.33. The average Bonchev–Trinajstić information content (AvgIpc) is 2.53. The van der Waals surface area contributed by atoms with E-state index in [1.807, 2.05) is 0 Å². The van der Waals surface area contributed by atoms with Crippen molar-refractivity contribution >= 4 is 11.6 Å². The van der Waals surface area contributed by atoms with Crippen LogP contribution in [0.25, 0.3) is 0 Å². The molecular formula is C15H13N5O2. The van der Waals surface area contributed by atoms with Gasteiger partial charge in [-0.05, 0) is 18.2 Å². The lowest BCUT2D eigenvalue weighted by Gasteiger charge is -2.15. The van der Waals surface area contributed by atoms with Crippen molar-refractivity contribution in [3.05, 3.63) is 35.0 Å². The summed E-state index contributed by atoms with van der Waals surface area (Å²) < 4.78 is 5.14. The van der Waals surface area contributed by atoms with E-state index < -0.39 is 0 Å². The molecule has 7 heteroatoms. The minimum atomic E-state index is -0.334. The highest BCUT2D eigenvalue weighted by molar-refractivity contribution is 5.97. The Kier molecular flexibility index (Phi) is 5.51. The van der Waals surface area contributed by atoms with Crippen LogP contribution < -0.4 is 10.1 Å². The average molecular weight is 295 g/mol. The Hall–Kier alpha value is -3.50. The molecule has 0 spiro atoms. The Labute approximate surface area is 128 Å². The lowest BCUT2D eigenvalue weighted by molar-refractivity contribution is 0.0824. The number of hydrogen-bond acceptors (Lipinski definition) is 6. The van der Waals surface area contributed by atoms with E-state index in [-0.39, 0.29) is 17.2 Å². The molecule has 0 heterocycles. The van der Waals surface area contributed by atoms with Gasteiger partial charge in [-0.2, -0.15) is 15.8 Å². The Bertz CT molecular complexity index is 729.